The van der Waals surface area contributed by atoms with Crippen molar-refractivity contribution in [3.05, 3.63) is 59.7 Å². The van der Waals surface area contributed by atoms with Crippen molar-refractivity contribution >= 4 is 29.9 Å². The summed E-state index contributed by atoms with van der Waals surface area (Å²) in [6.07, 6.45) is 2.78. The molecular formula is C21H28IN3O2. The lowest BCUT2D eigenvalue weighted by atomic mass is 10.0. The number of nitrogens with two attached hydrogens (primary N) is 1. The second-order valence-electron chi connectivity index (χ2n) is 6.51. The third-order valence-electron chi connectivity index (χ3n) is 4.40. The zero-order valence-electron chi connectivity index (χ0n) is 15.7. The molecule has 0 amide bonds. The number of hydrogen-bond donors (Lipinski definition) is 2. The molecule has 1 aliphatic rings. The number of nitrogens with zero attached hydrogens (tertiary/aromatic N) is 1. The van der Waals surface area contributed by atoms with Crippen LogP contribution >= 0.6 is 24.0 Å². The van der Waals surface area contributed by atoms with Crippen molar-refractivity contribution in [1.29, 1.82) is 0 Å². The maximum atomic E-state index is 6.05. The van der Waals surface area contributed by atoms with E-state index in [-0.39, 0.29) is 30.0 Å². The standard InChI is InChI=1S/C21H27N3O2.HI/c1-16-8-10-17(11-9-16)25-14-5-4-13-23-21(22)24-19-12-15-26-20-7-3-2-6-18(19)20;/h2-3,6-11,19H,4-5,12-15H2,1H3,(H3,22,23,24);1H. The van der Waals surface area contributed by atoms with Crippen LogP contribution in [0.3, 0.4) is 0 Å². The highest BCUT2D eigenvalue weighted by Gasteiger charge is 2.21. The minimum Gasteiger partial charge on any atom is -0.494 e. The van der Waals surface area contributed by atoms with Gasteiger partial charge in [0.2, 0.25) is 0 Å². The van der Waals surface area contributed by atoms with E-state index in [9.17, 15) is 0 Å². The molecule has 0 fully saturated rings. The Morgan fingerprint density at radius 3 is 2.78 bits per heavy atom. The van der Waals surface area contributed by atoms with Crippen LogP contribution in [0.1, 0.15) is 36.4 Å². The molecule has 2 aromatic carbocycles. The van der Waals surface area contributed by atoms with Gasteiger partial charge in [-0.05, 0) is 38.0 Å². The van der Waals surface area contributed by atoms with Crippen molar-refractivity contribution in [3.8, 4) is 11.5 Å². The van der Waals surface area contributed by atoms with E-state index in [1.807, 2.05) is 30.3 Å². The first-order valence-corrected chi connectivity index (χ1v) is 9.20. The lowest BCUT2D eigenvalue weighted by Crippen LogP contribution is -2.37. The SMILES string of the molecule is Cc1ccc(OCCCCN=C(N)NC2CCOc3ccccc32)cc1.I. The van der Waals surface area contributed by atoms with Gasteiger partial charge in [0.25, 0.3) is 0 Å². The number of guanidine groups is 1. The topological polar surface area (TPSA) is 68.9 Å². The van der Waals surface area contributed by atoms with Gasteiger partial charge in [-0.2, -0.15) is 0 Å². The van der Waals surface area contributed by atoms with Crippen LogP contribution in [0.2, 0.25) is 0 Å². The molecule has 0 radical (unpaired) electrons. The predicted molar refractivity (Wildman–Crippen MR) is 120 cm³/mol. The highest BCUT2D eigenvalue weighted by Crippen LogP contribution is 2.31. The number of benzene rings is 2. The number of aryl methyl sites for hydroxylation is 1. The smallest absolute Gasteiger partial charge is 0.189 e. The van der Waals surface area contributed by atoms with E-state index in [4.69, 9.17) is 15.2 Å². The second-order valence-corrected chi connectivity index (χ2v) is 6.51. The molecule has 2 aromatic rings. The predicted octanol–water partition coefficient (Wildman–Crippen LogP) is 4.20. The quantitative estimate of drug-likeness (QED) is 0.269. The molecule has 146 valence electrons. The van der Waals surface area contributed by atoms with Crippen molar-refractivity contribution in [1.82, 2.24) is 5.32 Å². The first-order chi connectivity index (χ1) is 12.7. The fourth-order valence-electron chi connectivity index (χ4n) is 2.95. The number of aliphatic imine (C=N–C) groups is 1. The summed E-state index contributed by atoms with van der Waals surface area (Å²) < 4.78 is 11.4. The van der Waals surface area contributed by atoms with Crippen molar-refractivity contribution in [2.45, 2.75) is 32.2 Å². The molecule has 0 saturated heterocycles. The molecule has 0 saturated carbocycles. The first-order valence-electron chi connectivity index (χ1n) is 9.20. The highest BCUT2D eigenvalue weighted by atomic mass is 127. The number of unbranched alkanes of at least 4 members (excludes halogenated alkanes) is 1. The minimum atomic E-state index is 0. The van der Waals surface area contributed by atoms with E-state index in [1.54, 1.807) is 0 Å². The number of rotatable bonds is 7. The summed E-state index contributed by atoms with van der Waals surface area (Å²) in [6.45, 7) is 4.15. The second kappa shape index (κ2) is 11.0. The lowest BCUT2D eigenvalue weighted by Gasteiger charge is -2.26. The fourth-order valence-corrected chi connectivity index (χ4v) is 2.95. The third-order valence-corrected chi connectivity index (χ3v) is 4.40. The van der Waals surface area contributed by atoms with Gasteiger partial charge in [0.1, 0.15) is 11.5 Å². The number of hydrogen-bond acceptors (Lipinski definition) is 3. The average molecular weight is 481 g/mol. The van der Waals surface area contributed by atoms with Crippen molar-refractivity contribution in [2.75, 3.05) is 19.8 Å². The normalized spacial score (nSPS) is 15.9. The van der Waals surface area contributed by atoms with Gasteiger partial charge in [0.05, 0.1) is 19.3 Å². The van der Waals surface area contributed by atoms with Gasteiger partial charge < -0.3 is 20.5 Å². The minimum absolute atomic E-state index is 0. The number of halogens is 1. The summed E-state index contributed by atoms with van der Waals surface area (Å²) >= 11 is 0. The largest absolute Gasteiger partial charge is 0.494 e. The molecule has 5 nitrogen and oxygen atoms in total. The summed E-state index contributed by atoms with van der Waals surface area (Å²) in [4.78, 5) is 4.43. The van der Waals surface area contributed by atoms with E-state index >= 15 is 0 Å². The molecule has 1 unspecified atom stereocenters. The van der Waals surface area contributed by atoms with Gasteiger partial charge in [-0.3, -0.25) is 4.99 Å². The van der Waals surface area contributed by atoms with Crippen LogP contribution in [0.4, 0.5) is 0 Å². The maximum absolute atomic E-state index is 6.05. The van der Waals surface area contributed by atoms with Gasteiger partial charge in [-0.1, -0.05) is 35.9 Å². The Labute approximate surface area is 178 Å². The van der Waals surface area contributed by atoms with Crippen LogP contribution in [0, 0.1) is 6.92 Å². The zero-order chi connectivity index (χ0) is 18.2. The number of nitrogens with one attached hydrogen (secondary N) is 1. The van der Waals surface area contributed by atoms with Crippen LogP contribution in [0.25, 0.3) is 0 Å². The summed E-state index contributed by atoms with van der Waals surface area (Å²) in [6, 6.07) is 16.3. The van der Waals surface area contributed by atoms with Gasteiger partial charge in [-0.25, -0.2) is 0 Å². The van der Waals surface area contributed by atoms with Gasteiger partial charge in [-0.15, -0.1) is 24.0 Å². The Morgan fingerprint density at radius 1 is 1.19 bits per heavy atom. The van der Waals surface area contributed by atoms with Crippen LogP contribution < -0.4 is 20.5 Å². The maximum Gasteiger partial charge on any atom is 0.189 e. The Kier molecular flexibility index (Phi) is 8.71. The Balaban J connectivity index is 0.00000261. The molecule has 1 heterocycles. The van der Waals surface area contributed by atoms with Crippen molar-refractivity contribution in [3.63, 3.8) is 0 Å². The van der Waals surface area contributed by atoms with E-state index in [0.29, 0.717) is 25.7 Å². The van der Waals surface area contributed by atoms with E-state index in [1.165, 1.54) is 5.56 Å². The molecule has 1 aliphatic heterocycles. The molecule has 6 heteroatoms. The lowest BCUT2D eigenvalue weighted by molar-refractivity contribution is 0.262. The van der Waals surface area contributed by atoms with Gasteiger partial charge >= 0.3 is 0 Å². The molecular weight excluding hydrogens is 453 g/mol. The monoisotopic (exact) mass is 481 g/mol. The van der Waals surface area contributed by atoms with E-state index < -0.39 is 0 Å². The van der Waals surface area contributed by atoms with Crippen LogP contribution in [0.5, 0.6) is 11.5 Å². The molecule has 0 bridgehead atoms. The van der Waals surface area contributed by atoms with E-state index in [2.05, 4.69) is 35.4 Å². The Morgan fingerprint density at radius 2 is 1.96 bits per heavy atom. The summed E-state index contributed by atoms with van der Waals surface area (Å²) in [5, 5.41) is 3.31. The molecule has 3 rings (SSSR count). The molecule has 3 N–H and O–H groups in total. The van der Waals surface area contributed by atoms with Gasteiger partial charge in [0, 0.05) is 18.5 Å². The summed E-state index contributed by atoms with van der Waals surface area (Å²) in [5.74, 6) is 2.34. The van der Waals surface area contributed by atoms with E-state index in [0.717, 1.165) is 36.3 Å². The zero-order valence-corrected chi connectivity index (χ0v) is 18.0. The number of para-hydroxylation sites is 1. The molecule has 27 heavy (non-hydrogen) atoms. The van der Waals surface area contributed by atoms with Crippen LogP contribution in [-0.2, 0) is 0 Å². The van der Waals surface area contributed by atoms with Crippen LogP contribution in [0.15, 0.2) is 53.5 Å². The third kappa shape index (κ3) is 6.61. The van der Waals surface area contributed by atoms with Crippen LogP contribution in [-0.4, -0.2) is 25.7 Å². The van der Waals surface area contributed by atoms with Crippen molar-refractivity contribution in [2.24, 2.45) is 10.7 Å². The highest BCUT2D eigenvalue weighted by molar-refractivity contribution is 14.0. The first kappa shape index (κ1) is 21.3. The number of ether oxygens (including phenoxy) is 2. The Bertz CT molecular complexity index is 734. The average Bonchev–Trinajstić information content (AvgIpc) is 2.66. The molecule has 0 spiro atoms. The molecule has 0 aromatic heterocycles. The number of fused-ring (bicyclic) bond motifs is 1. The van der Waals surface area contributed by atoms with Crippen molar-refractivity contribution < 1.29 is 9.47 Å². The summed E-state index contributed by atoms with van der Waals surface area (Å²) in [7, 11) is 0. The Hall–Kier alpha value is -1.96. The fraction of sp³-hybridized carbons (Fsp3) is 0.381. The molecule has 1 atom stereocenters. The molecule has 0 aliphatic carbocycles. The van der Waals surface area contributed by atoms with Gasteiger partial charge in [0.15, 0.2) is 5.96 Å². The summed E-state index contributed by atoms with van der Waals surface area (Å²) in [5.41, 5.74) is 8.43.